The Morgan fingerprint density at radius 1 is 1.37 bits per heavy atom. The van der Waals surface area contributed by atoms with Crippen LogP contribution in [0.4, 0.5) is 0 Å². The van der Waals surface area contributed by atoms with Gasteiger partial charge in [0.1, 0.15) is 0 Å². The summed E-state index contributed by atoms with van der Waals surface area (Å²) in [4.78, 5) is 6.97. The van der Waals surface area contributed by atoms with Gasteiger partial charge in [-0.05, 0) is 39.0 Å². The molecule has 0 bridgehead atoms. The Hall–Kier alpha value is -1.39. The van der Waals surface area contributed by atoms with Crippen LogP contribution in [0.25, 0.3) is 0 Å². The van der Waals surface area contributed by atoms with Crippen LogP contribution in [-0.4, -0.2) is 11.6 Å². The summed E-state index contributed by atoms with van der Waals surface area (Å²) in [7, 11) is 0. The maximum Gasteiger partial charge on any atom is 0.217 e. The van der Waals surface area contributed by atoms with Gasteiger partial charge in [0.15, 0.2) is 0 Å². The van der Waals surface area contributed by atoms with Crippen molar-refractivity contribution in [1.82, 2.24) is 10.3 Å². The lowest BCUT2D eigenvalue weighted by atomic mass is 10.2. The quantitative estimate of drug-likeness (QED) is 0.873. The van der Waals surface area contributed by atoms with Gasteiger partial charge in [0, 0.05) is 34.1 Å². The summed E-state index contributed by atoms with van der Waals surface area (Å²) in [5.41, 5.74) is 1.10. The Balaban J connectivity index is 1.98. The second kappa shape index (κ2) is 6.68. The first-order chi connectivity index (χ1) is 9.20. The van der Waals surface area contributed by atoms with E-state index in [0.717, 1.165) is 18.0 Å². The largest absolute Gasteiger partial charge is 0.478 e. The topological polar surface area (TPSA) is 34.1 Å². The maximum absolute atomic E-state index is 5.53. The van der Waals surface area contributed by atoms with Gasteiger partial charge in [-0.2, -0.15) is 0 Å². The molecule has 19 heavy (non-hydrogen) atoms. The second-order valence-corrected chi connectivity index (χ2v) is 5.77. The molecule has 0 aliphatic heterocycles. The molecule has 0 aromatic carbocycles. The van der Waals surface area contributed by atoms with Crippen molar-refractivity contribution in [3.8, 4) is 5.88 Å². The van der Waals surface area contributed by atoms with E-state index < -0.39 is 0 Å². The van der Waals surface area contributed by atoms with Crippen molar-refractivity contribution in [3.05, 3.63) is 45.8 Å². The molecule has 102 valence electrons. The van der Waals surface area contributed by atoms with Crippen molar-refractivity contribution in [2.24, 2.45) is 0 Å². The molecule has 4 heteroatoms. The van der Waals surface area contributed by atoms with Crippen molar-refractivity contribution in [2.75, 3.05) is 6.61 Å². The first-order valence-corrected chi connectivity index (χ1v) is 7.38. The third-order valence-corrected chi connectivity index (χ3v) is 4.10. The number of ether oxygens (including phenoxy) is 1. The van der Waals surface area contributed by atoms with Crippen LogP contribution in [0.2, 0.25) is 0 Å². The van der Waals surface area contributed by atoms with E-state index in [0.29, 0.717) is 12.6 Å². The minimum atomic E-state index is 0.341. The molecule has 0 fully saturated rings. The lowest BCUT2D eigenvalue weighted by Gasteiger charge is -2.14. The van der Waals surface area contributed by atoms with E-state index in [4.69, 9.17) is 4.74 Å². The number of rotatable bonds is 6. The smallest absolute Gasteiger partial charge is 0.217 e. The standard InChI is InChI=1S/C15H20N2OS/c1-4-18-15-13(6-5-9-16-15)10-17-12(3)14-8-7-11(2)19-14/h5-9,12,17H,4,10H2,1-3H3/t12-/m1/s1. The van der Waals surface area contributed by atoms with E-state index in [1.54, 1.807) is 6.20 Å². The molecule has 3 nitrogen and oxygen atoms in total. The molecule has 2 heterocycles. The highest BCUT2D eigenvalue weighted by atomic mass is 32.1. The van der Waals surface area contributed by atoms with Crippen LogP contribution < -0.4 is 10.1 Å². The number of aromatic nitrogens is 1. The molecule has 1 N–H and O–H groups in total. The van der Waals surface area contributed by atoms with Crippen molar-refractivity contribution in [2.45, 2.75) is 33.4 Å². The monoisotopic (exact) mass is 276 g/mol. The highest BCUT2D eigenvalue weighted by molar-refractivity contribution is 7.12. The average Bonchev–Trinajstić information content (AvgIpc) is 2.84. The van der Waals surface area contributed by atoms with Gasteiger partial charge in [-0.1, -0.05) is 6.07 Å². The minimum Gasteiger partial charge on any atom is -0.478 e. The summed E-state index contributed by atoms with van der Waals surface area (Å²) < 4.78 is 5.53. The lowest BCUT2D eigenvalue weighted by Crippen LogP contribution is -2.18. The van der Waals surface area contributed by atoms with Gasteiger partial charge < -0.3 is 10.1 Å². The van der Waals surface area contributed by atoms with E-state index >= 15 is 0 Å². The number of aryl methyl sites for hydroxylation is 1. The Bertz CT molecular complexity index is 524. The molecular formula is C15H20N2OS. The highest BCUT2D eigenvalue weighted by Gasteiger charge is 2.09. The van der Waals surface area contributed by atoms with E-state index in [2.05, 4.69) is 42.3 Å². The zero-order valence-electron chi connectivity index (χ0n) is 11.6. The Morgan fingerprint density at radius 3 is 2.89 bits per heavy atom. The highest BCUT2D eigenvalue weighted by Crippen LogP contribution is 2.23. The molecule has 0 aliphatic carbocycles. The fourth-order valence-electron chi connectivity index (χ4n) is 1.88. The number of nitrogens with one attached hydrogen (secondary N) is 1. The Labute approximate surface area is 118 Å². The molecule has 0 aliphatic rings. The molecule has 0 radical (unpaired) electrons. The van der Waals surface area contributed by atoms with Crippen molar-refractivity contribution in [1.29, 1.82) is 0 Å². The molecule has 2 rings (SSSR count). The van der Waals surface area contributed by atoms with Crippen LogP contribution in [0.15, 0.2) is 30.5 Å². The Kier molecular flexibility index (Phi) is 4.93. The predicted molar refractivity (Wildman–Crippen MR) is 79.7 cm³/mol. The number of hydrogen-bond acceptors (Lipinski definition) is 4. The van der Waals surface area contributed by atoms with Gasteiger partial charge in [0.05, 0.1) is 6.61 Å². The predicted octanol–water partition coefficient (Wildman–Crippen LogP) is 3.70. The Morgan fingerprint density at radius 2 is 2.21 bits per heavy atom. The summed E-state index contributed by atoms with van der Waals surface area (Å²) in [6, 6.07) is 8.68. The first kappa shape index (κ1) is 14.0. The zero-order chi connectivity index (χ0) is 13.7. The number of nitrogens with zero attached hydrogens (tertiary/aromatic N) is 1. The van der Waals surface area contributed by atoms with Crippen LogP contribution in [0, 0.1) is 6.92 Å². The van der Waals surface area contributed by atoms with E-state index in [9.17, 15) is 0 Å². The second-order valence-electron chi connectivity index (χ2n) is 4.45. The van der Waals surface area contributed by atoms with Crippen molar-refractivity contribution in [3.63, 3.8) is 0 Å². The van der Waals surface area contributed by atoms with Gasteiger partial charge >= 0.3 is 0 Å². The van der Waals surface area contributed by atoms with Gasteiger partial charge in [-0.3, -0.25) is 0 Å². The number of hydrogen-bond donors (Lipinski definition) is 1. The van der Waals surface area contributed by atoms with E-state index in [1.165, 1.54) is 9.75 Å². The van der Waals surface area contributed by atoms with E-state index in [-0.39, 0.29) is 0 Å². The number of thiophene rings is 1. The summed E-state index contributed by atoms with van der Waals surface area (Å²) in [5, 5.41) is 3.52. The molecular weight excluding hydrogens is 256 g/mol. The van der Waals surface area contributed by atoms with Crippen LogP contribution in [0.1, 0.15) is 35.2 Å². The first-order valence-electron chi connectivity index (χ1n) is 6.57. The van der Waals surface area contributed by atoms with E-state index in [1.807, 2.05) is 24.3 Å². The zero-order valence-corrected chi connectivity index (χ0v) is 12.5. The summed E-state index contributed by atoms with van der Waals surface area (Å²) in [5.74, 6) is 0.729. The SMILES string of the molecule is CCOc1ncccc1CN[C@H](C)c1ccc(C)s1. The summed E-state index contributed by atoms with van der Waals surface area (Å²) in [6.45, 7) is 7.70. The van der Waals surface area contributed by atoms with Crippen LogP contribution >= 0.6 is 11.3 Å². The van der Waals surface area contributed by atoms with Crippen LogP contribution in [0.3, 0.4) is 0 Å². The normalized spacial score (nSPS) is 12.4. The maximum atomic E-state index is 5.53. The summed E-state index contributed by atoms with van der Waals surface area (Å²) in [6.07, 6.45) is 1.76. The molecule has 0 saturated heterocycles. The van der Waals surface area contributed by atoms with Gasteiger partial charge in [-0.25, -0.2) is 4.98 Å². The fraction of sp³-hybridized carbons (Fsp3) is 0.400. The fourth-order valence-corrected chi connectivity index (χ4v) is 2.78. The van der Waals surface area contributed by atoms with Gasteiger partial charge in [0.2, 0.25) is 5.88 Å². The van der Waals surface area contributed by atoms with Crippen molar-refractivity contribution < 1.29 is 4.74 Å². The molecule has 0 amide bonds. The molecule has 0 spiro atoms. The molecule has 1 atom stereocenters. The summed E-state index contributed by atoms with van der Waals surface area (Å²) >= 11 is 1.84. The van der Waals surface area contributed by atoms with Crippen LogP contribution in [0.5, 0.6) is 5.88 Å². The minimum absolute atomic E-state index is 0.341. The van der Waals surface area contributed by atoms with Gasteiger partial charge in [-0.15, -0.1) is 11.3 Å². The van der Waals surface area contributed by atoms with Crippen molar-refractivity contribution >= 4 is 11.3 Å². The average molecular weight is 276 g/mol. The molecule has 0 unspecified atom stereocenters. The third kappa shape index (κ3) is 3.78. The lowest BCUT2D eigenvalue weighted by molar-refractivity contribution is 0.321. The number of pyridine rings is 1. The molecule has 2 aromatic rings. The molecule has 0 saturated carbocycles. The third-order valence-electron chi connectivity index (χ3n) is 2.92. The van der Waals surface area contributed by atoms with Crippen LogP contribution in [-0.2, 0) is 6.54 Å². The van der Waals surface area contributed by atoms with Gasteiger partial charge in [0.25, 0.3) is 0 Å². The molecule has 2 aromatic heterocycles.